The average Bonchev–Trinajstić information content (AvgIpc) is 2.80. The second-order valence-electron chi connectivity index (χ2n) is 5.57. The van der Waals surface area contributed by atoms with Gasteiger partial charge in [-0.15, -0.1) is 0 Å². The number of carbonyl (C=O) groups excluding carboxylic acids is 1. The first-order valence-electron chi connectivity index (χ1n) is 6.70. The summed E-state index contributed by atoms with van der Waals surface area (Å²) in [6.07, 6.45) is 3.94. The SMILES string of the molecule is CC1C2=C(C=CC1(C)c1ccc(Cl)cc1)NC(=O)C2=NO. The van der Waals surface area contributed by atoms with E-state index in [9.17, 15) is 4.79 Å². The molecule has 3 rings (SSSR count). The minimum Gasteiger partial charge on any atom is -0.410 e. The van der Waals surface area contributed by atoms with E-state index in [4.69, 9.17) is 16.8 Å². The topological polar surface area (TPSA) is 61.7 Å². The van der Waals surface area contributed by atoms with Gasteiger partial charge in [-0.3, -0.25) is 4.79 Å². The summed E-state index contributed by atoms with van der Waals surface area (Å²) in [5, 5.41) is 15.7. The summed E-state index contributed by atoms with van der Waals surface area (Å²) in [5.41, 5.74) is 2.36. The number of nitrogens with one attached hydrogen (secondary N) is 1. The van der Waals surface area contributed by atoms with Crippen LogP contribution in [-0.2, 0) is 10.2 Å². The van der Waals surface area contributed by atoms with E-state index in [1.807, 2.05) is 37.3 Å². The first-order valence-corrected chi connectivity index (χ1v) is 7.08. The molecule has 108 valence electrons. The Labute approximate surface area is 127 Å². The van der Waals surface area contributed by atoms with E-state index in [1.165, 1.54) is 0 Å². The first kappa shape index (κ1) is 13.9. The van der Waals surface area contributed by atoms with Crippen LogP contribution in [0.1, 0.15) is 19.4 Å². The van der Waals surface area contributed by atoms with Gasteiger partial charge in [0.15, 0.2) is 5.71 Å². The van der Waals surface area contributed by atoms with Gasteiger partial charge in [-0.05, 0) is 29.7 Å². The summed E-state index contributed by atoms with van der Waals surface area (Å²) in [6, 6.07) is 7.67. The fourth-order valence-electron chi connectivity index (χ4n) is 3.02. The lowest BCUT2D eigenvalue weighted by Crippen LogP contribution is -2.33. The fraction of sp³-hybridized carbons (Fsp3) is 0.250. The average molecular weight is 303 g/mol. The number of allylic oxidation sites excluding steroid dienone is 2. The Morgan fingerprint density at radius 3 is 2.62 bits per heavy atom. The molecule has 2 aliphatic rings. The van der Waals surface area contributed by atoms with Crippen LogP contribution in [0, 0.1) is 5.92 Å². The van der Waals surface area contributed by atoms with Crippen LogP contribution in [0.5, 0.6) is 0 Å². The molecule has 0 bridgehead atoms. The predicted octanol–water partition coefficient (Wildman–Crippen LogP) is 3.02. The second-order valence-corrected chi connectivity index (χ2v) is 6.01. The van der Waals surface area contributed by atoms with E-state index in [0.717, 1.165) is 11.1 Å². The van der Waals surface area contributed by atoms with E-state index >= 15 is 0 Å². The first-order chi connectivity index (χ1) is 9.97. The Morgan fingerprint density at radius 2 is 2.00 bits per heavy atom. The van der Waals surface area contributed by atoms with Gasteiger partial charge in [-0.25, -0.2) is 0 Å². The van der Waals surface area contributed by atoms with Crippen molar-refractivity contribution in [1.29, 1.82) is 0 Å². The summed E-state index contributed by atoms with van der Waals surface area (Å²) in [6.45, 7) is 4.12. The highest BCUT2D eigenvalue weighted by Crippen LogP contribution is 2.43. The molecular weight excluding hydrogens is 288 g/mol. The van der Waals surface area contributed by atoms with Gasteiger partial charge in [-0.1, -0.05) is 48.8 Å². The van der Waals surface area contributed by atoms with Crippen LogP contribution in [0.3, 0.4) is 0 Å². The van der Waals surface area contributed by atoms with Crippen molar-refractivity contribution in [3.63, 3.8) is 0 Å². The van der Waals surface area contributed by atoms with Crippen LogP contribution in [-0.4, -0.2) is 16.8 Å². The van der Waals surface area contributed by atoms with Gasteiger partial charge in [0.1, 0.15) is 0 Å². The van der Waals surface area contributed by atoms with Crippen molar-refractivity contribution < 1.29 is 10.0 Å². The number of nitrogens with zero attached hydrogens (tertiary/aromatic N) is 1. The van der Waals surface area contributed by atoms with Crippen molar-refractivity contribution in [3.8, 4) is 0 Å². The number of carbonyl (C=O) groups is 1. The highest BCUT2D eigenvalue weighted by Gasteiger charge is 2.43. The van der Waals surface area contributed by atoms with E-state index in [2.05, 4.69) is 23.5 Å². The lowest BCUT2D eigenvalue weighted by Gasteiger charge is -2.37. The zero-order valence-corrected chi connectivity index (χ0v) is 12.5. The molecule has 1 aromatic carbocycles. The van der Waals surface area contributed by atoms with E-state index in [1.54, 1.807) is 0 Å². The molecule has 1 amide bonds. The maximum atomic E-state index is 11.8. The minimum absolute atomic E-state index is 0.0106. The standard InChI is InChI=1S/C16H15ClN2O2/c1-9-13-12(18-15(20)14(13)19-21)7-8-16(9,2)10-3-5-11(17)6-4-10/h3-9,21H,1-2H3,(H,18,19,20). The molecule has 2 N–H and O–H groups in total. The van der Waals surface area contributed by atoms with Crippen molar-refractivity contribution in [3.05, 3.63) is 58.3 Å². The van der Waals surface area contributed by atoms with Gasteiger partial charge < -0.3 is 10.5 Å². The second kappa shape index (κ2) is 4.74. The molecule has 2 atom stereocenters. The Balaban J connectivity index is 2.07. The summed E-state index contributed by atoms with van der Waals surface area (Å²) in [5.74, 6) is -0.372. The van der Waals surface area contributed by atoms with Gasteiger partial charge in [0.2, 0.25) is 0 Å². The maximum absolute atomic E-state index is 11.8. The molecule has 1 aromatic rings. The van der Waals surface area contributed by atoms with Gasteiger partial charge in [0.25, 0.3) is 5.91 Å². The van der Waals surface area contributed by atoms with Crippen molar-refractivity contribution >= 4 is 23.2 Å². The molecule has 0 aromatic heterocycles. The molecule has 5 heteroatoms. The van der Waals surface area contributed by atoms with Crippen LogP contribution < -0.4 is 5.32 Å². The van der Waals surface area contributed by atoms with E-state index < -0.39 is 0 Å². The summed E-state index contributed by atoms with van der Waals surface area (Å²) < 4.78 is 0. The lowest BCUT2D eigenvalue weighted by atomic mass is 9.66. The Hall–Kier alpha value is -2.07. The van der Waals surface area contributed by atoms with Gasteiger partial charge >= 0.3 is 0 Å². The van der Waals surface area contributed by atoms with Gasteiger partial charge in [-0.2, -0.15) is 0 Å². The Kier molecular flexibility index (Phi) is 3.14. The highest BCUT2D eigenvalue weighted by atomic mass is 35.5. The highest BCUT2D eigenvalue weighted by molar-refractivity contribution is 6.48. The molecule has 1 aliphatic carbocycles. The lowest BCUT2D eigenvalue weighted by molar-refractivity contribution is -0.113. The molecule has 0 fully saturated rings. The summed E-state index contributed by atoms with van der Waals surface area (Å²) >= 11 is 5.95. The smallest absolute Gasteiger partial charge is 0.278 e. The third-order valence-corrected chi connectivity index (χ3v) is 4.76. The quantitative estimate of drug-likeness (QED) is 0.619. The van der Waals surface area contributed by atoms with Crippen molar-refractivity contribution in [2.24, 2.45) is 11.1 Å². The zero-order valence-electron chi connectivity index (χ0n) is 11.7. The monoisotopic (exact) mass is 302 g/mol. The van der Waals surface area contributed by atoms with Crippen LogP contribution in [0.4, 0.5) is 0 Å². The molecule has 0 spiro atoms. The number of amides is 1. The van der Waals surface area contributed by atoms with Crippen LogP contribution >= 0.6 is 11.6 Å². The predicted molar refractivity (Wildman–Crippen MR) is 81.5 cm³/mol. The zero-order chi connectivity index (χ0) is 15.2. The maximum Gasteiger partial charge on any atom is 0.278 e. The Morgan fingerprint density at radius 1 is 1.33 bits per heavy atom. The molecule has 4 nitrogen and oxygen atoms in total. The van der Waals surface area contributed by atoms with Gasteiger partial charge in [0.05, 0.1) is 0 Å². The third-order valence-electron chi connectivity index (χ3n) is 4.50. The molecule has 0 radical (unpaired) electrons. The molecule has 21 heavy (non-hydrogen) atoms. The third kappa shape index (κ3) is 1.98. The number of halogens is 1. The molecular formula is C16H15ClN2O2. The summed E-state index contributed by atoms with van der Waals surface area (Å²) in [4.78, 5) is 11.8. The largest absolute Gasteiger partial charge is 0.410 e. The minimum atomic E-state index is -0.362. The van der Waals surface area contributed by atoms with Crippen LogP contribution in [0.2, 0.25) is 5.02 Å². The van der Waals surface area contributed by atoms with Gasteiger partial charge in [0, 0.05) is 21.7 Å². The van der Waals surface area contributed by atoms with Crippen molar-refractivity contribution in [2.45, 2.75) is 19.3 Å². The number of benzene rings is 1. The number of oxime groups is 1. The van der Waals surface area contributed by atoms with Crippen LogP contribution in [0.25, 0.3) is 0 Å². The van der Waals surface area contributed by atoms with Crippen molar-refractivity contribution in [2.75, 3.05) is 0 Å². The van der Waals surface area contributed by atoms with Crippen molar-refractivity contribution in [1.82, 2.24) is 5.32 Å². The van der Waals surface area contributed by atoms with Crippen LogP contribution in [0.15, 0.2) is 52.8 Å². The number of hydrogen-bond donors (Lipinski definition) is 2. The van der Waals surface area contributed by atoms with E-state index in [-0.39, 0.29) is 23.0 Å². The molecule has 0 saturated carbocycles. The molecule has 2 unspecified atom stereocenters. The molecule has 1 aliphatic heterocycles. The normalized spacial score (nSPS) is 29.8. The number of rotatable bonds is 1. The number of hydrogen-bond acceptors (Lipinski definition) is 3. The molecule has 1 heterocycles. The molecule has 0 saturated heterocycles. The Bertz CT molecular complexity index is 703. The fourth-order valence-corrected chi connectivity index (χ4v) is 3.15. The van der Waals surface area contributed by atoms with E-state index in [0.29, 0.717) is 10.7 Å². The summed E-state index contributed by atoms with van der Waals surface area (Å²) in [7, 11) is 0.